The molecule has 2 aromatic heterocycles. The maximum Gasteiger partial charge on any atom is 0.240 e. The summed E-state index contributed by atoms with van der Waals surface area (Å²) in [5, 5.41) is 7.68. The molecule has 0 saturated heterocycles. The van der Waals surface area contributed by atoms with E-state index in [1.54, 1.807) is 11.7 Å². The molecule has 0 aliphatic heterocycles. The Balaban J connectivity index is 1.99. The topological polar surface area (TPSA) is 130 Å². The first kappa shape index (κ1) is 27.9. The standard InChI is InChI=1S/C23H31ClN6O5S/c1-5-12-35-20(21-25-14-18(24)15-26-21)16(2)36(31,32)29-23-28-27-22(17-9-7-6-8-10-17)30(23)19(34-4)11-13-33-3/h6-10,14-16,19-20H,5,11-13H2,1-4H3,(H,28,29)/t16-,19?,20+/m0/s1. The molecular formula is C23H31ClN6O5S. The highest BCUT2D eigenvalue weighted by atomic mass is 35.5. The van der Waals surface area contributed by atoms with E-state index in [4.69, 9.17) is 25.8 Å². The Morgan fingerprint density at radius 1 is 1.08 bits per heavy atom. The second-order valence-electron chi connectivity index (χ2n) is 7.96. The minimum Gasteiger partial charge on any atom is -0.385 e. The largest absolute Gasteiger partial charge is 0.385 e. The molecule has 0 aliphatic rings. The number of ether oxygens (including phenoxy) is 3. The summed E-state index contributed by atoms with van der Waals surface area (Å²) in [6.07, 6.45) is 2.41. The van der Waals surface area contributed by atoms with Crippen molar-refractivity contribution in [2.24, 2.45) is 0 Å². The number of hydrogen-bond donors (Lipinski definition) is 1. The molecule has 0 fully saturated rings. The van der Waals surface area contributed by atoms with Crippen LogP contribution in [-0.2, 0) is 24.2 Å². The maximum atomic E-state index is 13.5. The number of aromatic nitrogens is 5. The first-order valence-corrected chi connectivity index (χ1v) is 13.4. The average Bonchev–Trinajstić information content (AvgIpc) is 3.28. The Bertz CT molecular complexity index is 1190. The minimum atomic E-state index is -4.05. The first-order chi connectivity index (χ1) is 17.3. The van der Waals surface area contributed by atoms with Gasteiger partial charge in [0.2, 0.25) is 16.0 Å². The zero-order chi connectivity index (χ0) is 26.1. The van der Waals surface area contributed by atoms with Crippen molar-refractivity contribution in [1.29, 1.82) is 0 Å². The molecule has 13 heteroatoms. The number of methoxy groups -OCH3 is 2. The lowest BCUT2D eigenvalue weighted by atomic mass is 10.2. The van der Waals surface area contributed by atoms with E-state index in [9.17, 15) is 8.42 Å². The van der Waals surface area contributed by atoms with Crippen molar-refractivity contribution in [1.82, 2.24) is 24.7 Å². The Morgan fingerprint density at radius 2 is 1.78 bits per heavy atom. The van der Waals surface area contributed by atoms with Gasteiger partial charge in [-0.25, -0.2) is 18.4 Å². The van der Waals surface area contributed by atoms with Crippen LogP contribution >= 0.6 is 11.6 Å². The van der Waals surface area contributed by atoms with Gasteiger partial charge >= 0.3 is 0 Å². The molecule has 2 heterocycles. The first-order valence-electron chi connectivity index (χ1n) is 11.4. The summed E-state index contributed by atoms with van der Waals surface area (Å²) in [5.74, 6) is 0.672. The van der Waals surface area contributed by atoms with Gasteiger partial charge in [0.05, 0.1) is 11.6 Å². The van der Waals surface area contributed by atoms with Crippen LogP contribution in [0.15, 0.2) is 42.7 Å². The lowest BCUT2D eigenvalue weighted by Crippen LogP contribution is -2.34. The molecule has 3 atom stereocenters. The Hall–Kier alpha value is -2.64. The third kappa shape index (κ3) is 6.77. The highest BCUT2D eigenvalue weighted by Crippen LogP contribution is 2.30. The molecule has 0 bridgehead atoms. The third-order valence-corrected chi connectivity index (χ3v) is 7.29. The number of nitrogens with one attached hydrogen (secondary N) is 1. The van der Waals surface area contributed by atoms with Crippen molar-refractivity contribution in [2.45, 2.75) is 44.3 Å². The van der Waals surface area contributed by atoms with Gasteiger partial charge in [0.1, 0.15) is 17.6 Å². The molecule has 11 nitrogen and oxygen atoms in total. The highest BCUT2D eigenvalue weighted by Gasteiger charge is 2.35. The molecule has 0 amide bonds. The molecule has 0 radical (unpaired) electrons. The van der Waals surface area contributed by atoms with Gasteiger partial charge in [-0.15, -0.1) is 10.2 Å². The van der Waals surface area contributed by atoms with E-state index >= 15 is 0 Å². The zero-order valence-electron chi connectivity index (χ0n) is 20.7. The van der Waals surface area contributed by atoms with Crippen molar-refractivity contribution in [3.05, 3.63) is 53.6 Å². The number of hydrogen-bond acceptors (Lipinski definition) is 9. The second-order valence-corrected chi connectivity index (χ2v) is 10.4. The third-order valence-electron chi connectivity index (χ3n) is 5.40. The monoisotopic (exact) mass is 538 g/mol. The molecule has 0 aliphatic carbocycles. The summed E-state index contributed by atoms with van der Waals surface area (Å²) in [6.45, 7) is 4.16. The Labute approximate surface area is 216 Å². The van der Waals surface area contributed by atoms with Crippen LogP contribution in [0.3, 0.4) is 0 Å². The van der Waals surface area contributed by atoms with E-state index in [0.29, 0.717) is 36.9 Å². The molecule has 3 rings (SSSR count). The number of anilines is 1. The summed E-state index contributed by atoms with van der Waals surface area (Å²) >= 11 is 5.91. The predicted octanol–water partition coefficient (Wildman–Crippen LogP) is 3.87. The maximum absolute atomic E-state index is 13.5. The molecule has 1 N–H and O–H groups in total. The van der Waals surface area contributed by atoms with E-state index in [2.05, 4.69) is 24.9 Å². The van der Waals surface area contributed by atoms with Gasteiger partial charge in [-0.05, 0) is 13.3 Å². The fourth-order valence-corrected chi connectivity index (χ4v) is 4.71. The van der Waals surface area contributed by atoms with Gasteiger partial charge in [0, 0.05) is 45.2 Å². The SMILES string of the molecule is CCCO[C@@H](c1ncc(Cl)cn1)[C@H](C)S(=O)(=O)Nc1nnc(-c2ccccc2)n1C(CCOC)OC. The second kappa shape index (κ2) is 13.1. The summed E-state index contributed by atoms with van der Waals surface area (Å²) in [5.41, 5.74) is 0.752. The summed E-state index contributed by atoms with van der Waals surface area (Å²) in [4.78, 5) is 8.36. The fraction of sp³-hybridized carbons (Fsp3) is 0.478. The molecule has 3 aromatic rings. The van der Waals surface area contributed by atoms with Crippen molar-refractivity contribution < 1.29 is 22.6 Å². The van der Waals surface area contributed by atoms with Crippen LogP contribution in [0.5, 0.6) is 0 Å². The van der Waals surface area contributed by atoms with E-state index in [0.717, 1.165) is 5.56 Å². The molecular weight excluding hydrogens is 508 g/mol. The smallest absolute Gasteiger partial charge is 0.240 e. The number of nitrogens with zero attached hydrogens (tertiary/aromatic N) is 5. The zero-order valence-corrected chi connectivity index (χ0v) is 22.2. The summed E-state index contributed by atoms with van der Waals surface area (Å²) in [6, 6.07) is 9.31. The van der Waals surface area contributed by atoms with E-state index in [1.165, 1.54) is 26.4 Å². The van der Waals surface area contributed by atoms with Crippen molar-refractivity contribution in [3.63, 3.8) is 0 Å². The number of rotatable bonds is 14. The van der Waals surface area contributed by atoms with E-state index in [1.807, 2.05) is 37.3 Å². The average molecular weight is 539 g/mol. The van der Waals surface area contributed by atoms with Crippen LogP contribution in [-0.4, -0.2) is 65.8 Å². The van der Waals surface area contributed by atoms with Gasteiger partial charge in [-0.3, -0.25) is 9.29 Å². The Morgan fingerprint density at radius 3 is 2.39 bits per heavy atom. The predicted molar refractivity (Wildman–Crippen MR) is 136 cm³/mol. The summed E-state index contributed by atoms with van der Waals surface area (Å²) in [7, 11) is -0.942. The minimum absolute atomic E-state index is 0.00919. The number of sulfonamides is 1. The van der Waals surface area contributed by atoms with Crippen LogP contribution in [0.1, 0.15) is 44.8 Å². The Kier molecular flexibility index (Phi) is 10.1. The fourth-order valence-electron chi connectivity index (χ4n) is 3.51. The lowest BCUT2D eigenvalue weighted by molar-refractivity contribution is 0.0189. The number of halogens is 1. The van der Waals surface area contributed by atoms with Crippen molar-refractivity contribution >= 4 is 27.6 Å². The molecule has 1 aromatic carbocycles. The number of benzene rings is 1. The van der Waals surface area contributed by atoms with E-state index in [-0.39, 0.29) is 11.8 Å². The molecule has 36 heavy (non-hydrogen) atoms. The van der Waals surface area contributed by atoms with E-state index < -0.39 is 27.6 Å². The van der Waals surface area contributed by atoms with Gasteiger partial charge in [-0.1, -0.05) is 48.9 Å². The van der Waals surface area contributed by atoms with Gasteiger partial charge < -0.3 is 14.2 Å². The van der Waals surface area contributed by atoms with Crippen molar-refractivity contribution in [3.8, 4) is 11.4 Å². The summed E-state index contributed by atoms with van der Waals surface area (Å²) < 4.78 is 48.0. The molecule has 1 unspecified atom stereocenters. The van der Waals surface area contributed by atoms with Crippen LogP contribution in [0.4, 0.5) is 5.95 Å². The van der Waals surface area contributed by atoms with Gasteiger partial charge in [-0.2, -0.15) is 0 Å². The molecule has 0 spiro atoms. The van der Waals surface area contributed by atoms with Crippen LogP contribution in [0.2, 0.25) is 5.02 Å². The quantitative estimate of drug-likeness (QED) is 0.325. The highest BCUT2D eigenvalue weighted by molar-refractivity contribution is 7.93. The van der Waals surface area contributed by atoms with Gasteiger partial charge in [0.25, 0.3) is 0 Å². The van der Waals surface area contributed by atoms with Crippen LogP contribution in [0.25, 0.3) is 11.4 Å². The van der Waals surface area contributed by atoms with Crippen molar-refractivity contribution in [2.75, 3.05) is 32.2 Å². The molecule has 0 saturated carbocycles. The van der Waals surface area contributed by atoms with Gasteiger partial charge in [0.15, 0.2) is 11.6 Å². The van der Waals surface area contributed by atoms with Crippen LogP contribution in [0, 0.1) is 0 Å². The normalized spacial score (nSPS) is 14.4. The molecule has 196 valence electrons. The van der Waals surface area contributed by atoms with Crippen LogP contribution < -0.4 is 4.72 Å². The lowest BCUT2D eigenvalue weighted by Gasteiger charge is -2.25.